The summed E-state index contributed by atoms with van der Waals surface area (Å²) >= 11 is 3.57. The highest BCUT2D eigenvalue weighted by atomic mass is 79.9. The molecular weight excluding hydrogens is 478 g/mol. The molecule has 6 aromatic carbocycles. The van der Waals surface area contributed by atoms with Crippen molar-refractivity contribution in [3.8, 4) is 11.1 Å². The average Bonchev–Trinajstić information content (AvgIpc) is 2.89. The number of para-hydroxylation sites is 2. The summed E-state index contributed by atoms with van der Waals surface area (Å²) < 4.78 is 1.11. The highest BCUT2D eigenvalue weighted by molar-refractivity contribution is 9.10. The zero-order valence-electron chi connectivity index (χ0n) is 18.5. The molecule has 0 fully saturated rings. The fourth-order valence-electron chi connectivity index (χ4n) is 4.55. The van der Waals surface area contributed by atoms with Crippen LogP contribution >= 0.6 is 15.9 Å². The first-order chi connectivity index (χ1) is 16.7. The number of hydrogen-bond donors (Lipinski definition) is 0. The van der Waals surface area contributed by atoms with Gasteiger partial charge in [0.2, 0.25) is 0 Å². The predicted molar refractivity (Wildman–Crippen MR) is 149 cm³/mol. The number of rotatable bonds is 4. The van der Waals surface area contributed by atoms with Crippen molar-refractivity contribution in [1.29, 1.82) is 0 Å². The third-order valence-electron chi connectivity index (χ3n) is 6.25. The van der Waals surface area contributed by atoms with Crippen LogP contribution < -0.4 is 4.90 Å². The van der Waals surface area contributed by atoms with E-state index in [4.69, 9.17) is 0 Å². The van der Waals surface area contributed by atoms with Crippen LogP contribution in [0.4, 0.5) is 17.1 Å². The minimum absolute atomic E-state index is 1.11. The second-order valence-corrected chi connectivity index (χ2v) is 9.37. The van der Waals surface area contributed by atoms with E-state index >= 15 is 0 Å². The van der Waals surface area contributed by atoms with Crippen LogP contribution in [-0.2, 0) is 0 Å². The summed E-state index contributed by atoms with van der Waals surface area (Å²) in [6, 6.07) is 47.6. The molecule has 0 heterocycles. The third-order valence-corrected chi connectivity index (χ3v) is 6.74. The van der Waals surface area contributed by atoms with Gasteiger partial charge in [-0.3, -0.25) is 0 Å². The normalized spacial score (nSPS) is 11.1. The van der Waals surface area contributed by atoms with E-state index < -0.39 is 0 Å². The molecule has 0 unspecified atom stereocenters. The van der Waals surface area contributed by atoms with E-state index in [0.29, 0.717) is 0 Å². The van der Waals surface area contributed by atoms with Gasteiger partial charge in [0.1, 0.15) is 0 Å². The molecule has 2 heteroatoms. The van der Waals surface area contributed by atoms with E-state index in [1.807, 2.05) is 0 Å². The van der Waals surface area contributed by atoms with Gasteiger partial charge in [-0.1, -0.05) is 88.7 Å². The summed E-state index contributed by atoms with van der Waals surface area (Å²) in [7, 11) is 0. The second kappa shape index (κ2) is 8.81. The standard InChI is InChI=1S/C32H22BrN/c33-29-17-15-25-19-23(11-13-27(25)21-29)24-12-14-28-22-32(18-16-26(28)20-24)34(30-7-3-1-4-8-30)31-9-5-2-6-10-31/h1-22H. The van der Waals surface area contributed by atoms with Crippen LogP contribution in [0.2, 0.25) is 0 Å². The van der Waals surface area contributed by atoms with Crippen LogP contribution in [0.1, 0.15) is 0 Å². The molecule has 0 saturated carbocycles. The van der Waals surface area contributed by atoms with Gasteiger partial charge in [-0.2, -0.15) is 0 Å². The van der Waals surface area contributed by atoms with Gasteiger partial charge in [0.15, 0.2) is 0 Å². The number of halogens is 1. The minimum atomic E-state index is 1.11. The molecule has 34 heavy (non-hydrogen) atoms. The van der Waals surface area contributed by atoms with Crippen molar-refractivity contribution in [1.82, 2.24) is 0 Å². The Labute approximate surface area is 208 Å². The summed E-state index contributed by atoms with van der Waals surface area (Å²) in [6.07, 6.45) is 0. The Morgan fingerprint density at radius 2 is 0.853 bits per heavy atom. The predicted octanol–water partition coefficient (Wildman–Crippen LogP) is 9.89. The molecule has 0 radical (unpaired) electrons. The number of benzene rings is 6. The number of nitrogens with zero attached hydrogens (tertiary/aromatic N) is 1. The maximum Gasteiger partial charge on any atom is 0.0468 e. The van der Waals surface area contributed by atoms with Gasteiger partial charge in [0.05, 0.1) is 0 Å². The lowest BCUT2D eigenvalue weighted by Gasteiger charge is -2.25. The van der Waals surface area contributed by atoms with Crippen LogP contribution in [0.3, 0.4) is 0 Å². The second-order valence-electron chi connectivity index (χ2n) is 8.46. The van der Waals surface area contributed by atoms with Crippen molar-refractivity contribution in [3.05, 3.63) is 138 Å². The molecule has 0 bridgehead atoms. The van der Waals surface area contributed by atoms with E-state index in [-0.39, 0.29) is 0 Å². The van der Waals surface area contributed by atoms with Gasteiger partial charge >= 0.3 is 0 Å². The molecule has 0 aromatic heterocycles. The van der Waals surface area contributed by atoms with Crippen molar-refractivity contribution in [2.24, 2.45) is 0 Å². The first-order valence-electron chi connectivity index (χ1n) is 11.4. The minimum Gasteiger partial charge on any atom is -0.310 e. The Hall–Kier alpha value is -3.88. The molecular formula is C32H22BrN. The van der Waals surface area contributed by atoms with Crippen molar-refractivity contribution in [2.45, 2.75) is 0 Å². The van der Waals surface area contributed by atoms with Crippen LogP contribution in [0.15, 0.2) is 138 Å². The number of hydrogen-bond acceptors (Lipinski definition) is 1. The molecule has 6 rings (SSSR count). The van der Waals surface area contributed by atoms with Gasteiger partial charge in [0.25, 0.3) is 0 Å². The summed E-state index contributed by atoms with van der Waals surface area (Å²) in [4.78, 5) is 2.30. The van der Waals surface area contributed by atoms with Crippen LogP contribution in [0, 0.1) is 0 Å². The smallest absolute Gasteiger partial charge is 0.0468 e. The Morgan fingerprint density at radius 1 is 0.382 bits per heavy atom. The molecule has 0 aliphatic heterocycles. The molecule has 0 saturated heterocycles. The molecule has 0 aliphatic rings. The van der Waals surface area contributed by atoms with E-state index in [0.717, 1.165) is 21.5 Å². The largest absolute Gasteiger partial charge is 0.310 e. The topological polar surface area (TPSA) is 3.24 Å². The highest BCUT2D eigenvalue weighted by Gasteiger charge is 2.12. The summed E-state index contributed by atoms with van der Waals surface area (Å²) in [5, 5.41) is 4.95. The lowest BCUT2D eigenvalue weighted by Crippen LogP contribution is -2.09. The Balaban J connectivity index is 1.41. The Morgan fingerprint density at radius 3 is 1.44 bits per heavy atom. The van der Waals surface area contributed by atoms with Gasteiger partial charge in [0, 0.05) is 21.5 Å². The quantitative estimate of drug-likeness (QED) is 0.233. The van der Waals surface area contributed by atoms with Crippen molar-refractivity contribution >= 4 is 54.5 Å². The molecule has 0 atom stereocenters. The monoisotopic (exact) mass is 499 g/mol. The molecule has 0 spiro atoms. The molecule has 162 valence electrons. The zero-order chi connectivity index (χ0) is 22.9. The van der Waals surface area contributed by atoms with E-state index in [1.54, 1.807) is 0 Å². The fourth-order valence-corrected chi connectivity index (χ4v) is 4.93. The lowest BCUT2D eigenvalue weighted by molar-refractivity contribution is 1.29. The molecule has 0 N–H and O–H groups in total. The number of fused-ring (bicyclic) bond motifs is 2. The van der Waals surface area contributed by atoms with E-state index in [2.05, 4.69) is 154 Å². The van der Waals surface area contributed by atoms with Crippen LogP contribution in [0.5, 0.6) is 0 Å². The SMILES string of the molecule is Brc1ccc2cc(-c3ccc4cc(N(c5ccccc5)c5ccccc5)ccc4c3)ccc2c1. The van der Waals surface area contributed by atoms with E-state index in [9.17, 15) is 0 Å². The zero-order valence-corrected chi connectivity index (χ0v) is 20.1. The highest BCUT2D eigenvalue weighted by Crippen LogP contribution is 2.36. The van der Waals surface area contributed by atoms with Gasteiger partial charge in [-0.25, -0.2) is 0 Å². The third kappa shape index (κ3) is 3.98. The van der Waals surface area contributed by atoms with Crippen molar-refractivity contribution in [2.75, 3.05) is 4.90 Å². The average molecular weight is 500 g/mol. The Kier molecular flexibility index (Phi) is 5.37. The maximum atomic E-state index is 3.57. The molecule has 1 nitrogen and oxygen atoms in total. The van der Waals surface area contributed by atoms with Crippen LogP contribution in [0.25, 0.3) is 32.7 Å². The Bertz CT molecular complexity index is 1570. The molecule has 0 amide bonds. The summed E-state index contributed by atoms with van der Waals surface area (Å²) in [5.41, 5.74) is 5.90. The molecule has 6 aromatic rings. The fraction of sp³-hybridized carbons (Fsp3) is 0. The maximum absolute atomic E-state index is 3.57. The first kappa shape index (κ1) is 20.7. The summed E-state index contributed by atoms with van der Waals surface area (Å²) in [6.45, 7) is 0. The molecule has 0 aliphatic carbocycles. The van der Waals surface area contributed by atoms with Gasteiger partial charge in [-0.05, 0) is 93.3 Å². The number of anilines is 3. The lowest BCUT2D eigenvalue weighted by atomic mass is 9.98. The van der Waals surface area contributed by atoms with Gasteiger partial charge in [-0.15, -0.1) is 0 Å². The van der Waals surface area contributed by atoms with Crippen LogP contribution in [-0.4, -0.2) is 0 Å². The van der Waals surface area contributed by atoms with Crippen molar-refractivity contribution in [3.63, 3.8) is 0 Å². The van der Waals surface area contributed by atoms with Gasteiger partial charge < -0.3 is 4.90 Å². The summed E-state index contributed by atoms with van der Waals surface area (Å²) in [5.74, 6) is 0. The van der Waals surface area contributed by atoms with Crippen molar-refractivity contribution < 1.29 is 0 Å². The van der Waals surface area contributed by atoms with E-state index in [1.165, 1.54) is 32.7 Å². The first-order valence-corrected chi connectivity index (χ1v) is 12.2.